The molecule has 9 aromatic rings. The summed E-state index contributed by atoms with van der Waals surface area (Å²) in [6, 6.07) is 65.7. The first-order valence-corrected chi connectivity index (χ1v) is 20.5. The van der Waals surface area contributed by atoms with E-state index in [2.05, 4.69) is 209 Å². The molecule has 0 N–H and O–H groups in total. The first-order chi connectivity index (χ1) is 27.3. The maximum Gasteiger partial charge on any atom is 0.0543 e. The topological polar surface area (TPSA) is 3.24 Å². The Morgan fingerprint density at radius 3 is 1.71 bits per heavy atom. The highest BCUT2D eigenvalue weighted by molar-refractivity contribution is 7.25. The number of nitrogens with zero attached hydrogens (tertiary/aromatic N) is 1. The third kappa shape index (κ3) is 4.72. The minimum Gasteiger partial charge on any atom is -0.310 e. The van der Waals surface area contributed by atoms with Gasteiger partial charge in [0.2, 0.25) is 0 Å². The van der Waals surface area contributed by atoms with E-state index >= 15 is 0 Å². The Bertz CT molecular complexity index is 3030. The van der Waals surface area contributed by atoms with Crippen molar-refractivity contribution >= 4 is 48.6 Å². The number of benzene rings is 8. The van der Waals surface area contributed by atoms with Crippen LogP contribution in [0.1, 0.15) is 49.9 Å². The smallest absolute Gasteiger partial charge is 0.0543 e. The summed E-state index contributed by atoms with van der Waals surface area (Å²) < 4.78 is 2.65. The van der Waals surface area contributed by atoms with Crippen molar-refractivity contribution in [2.75, 3.05) is 4.90 Å². The van der Waals surface area contributed by atoms with Crippen LogP contribution in [-0.4, -0.2) is 0 Å². The number of anilines is 3. The molecule has 2 heteroatoms. The van der Waals surface area contributed by atoms with E-state index in [1.807, 2.05) is 11.3 Å². The molecule has 0 saturated heterocycles. The van der Waals surface area contributed by atoms with Gasteiger partial charge in [0.25, 0.3) is 0 Å². The third-order valence-electron chi connectivity index (χ3n) is 12.7. The molecule has 0 aliphatic heterocycles. The number of rotatable bonds is 5. The Morgan fingerprint density at radius 1 is 0.393 bits per heavy atom. The summed E-state index contributed by atoms with van der Waals surface area (Å²) in [7, 11) is 0. The lowest BCUT2D eigenvalue weighted by molar-refractivity contribution is 0.660. The molecule has 1 nitrogen and oxygen atoms in total. The predicted octanol–water partition coefficient (Wildman–Crippen LogP) is 15.5. The number of hydrogen-bond donors (Lipinski definition) is 0. The maximum absolute atomic E-state index is 2.49. The van der Waals surface area contributed by atoms with E-state index in [-0.39, 0.29) is 10.8 Å². The average Bonchev–Trinajstić information content (AvgIpc) is 3.82. The predicted molar refractivity (Wildman–Crippen MR) is 240 cm³/mol. The zero-order chi connectivity index (χ0) is 37.8. The van der Waals surface area contributed by atoms with Crippen molar-refractivity contribution in [2.45, 2.75) is 38.5 Å². The second-order valence-electron chi connectivity index (χ2n) is 16.5. The van der Waals surface area contributed by atoms with Crippen molar-refractivity contribution in [3.05, 3.63) is 198 Å². The van der Waals surface area contributed by atoms with E-state index in [0.717, 1.165) is 11.4 Å². The van der Waals surface area contributed by atoms with Crippen LogP contribution in [0.4, 0.5) is 17.1 Å². The van der Waals surface area contributed by atoms with Gasteiger partial charge in [-0.25, -0.2) is 0 Å². The molecule has 8 aromatic carbocycles. The molecule has 0 saturated carbocycles. The van der Waals surface area contributed by atoms with Crippen molar-refractivity contribution in [1.82, 2.24) is 0 Å². The van der Waals surface area contributed by atoms with Crippen LogP contribution in [-0.2, 0) is 10.8 Å². The van der Waals surface area contributed by atoms with E-state index in [4.69, 9.17) is 0 Å². The Balaban J connectivity index is 1.11. The zero-order valence-corrected chi connectivity index (χ0v) is 32.9. The summed E-state index contributed by atoms with van der Waals surface area (Å²) in [4.78, 5) is 2.49. The lowest BCUT2D eigenvalue weighted by Gasteiger charge is -2.29. The Labute approximate surface area is 333 Å². The zero-order valence-electron chi connectivity index (χ0n) is 32.1. The van der Waals surface area contributed by atoms with Gasteiger partial charge in [-0.2, -0.15) is 0 Å². The lowest BCUT2D eigenvalue weighted by atomic mass is 9.82. The monoisotopic (exact) mass is 735 g/mol. The highest BCUT2D eigenvalue weighted by Crippen LogP contribution is 2.55. The molecule has 1 aromatic heterocycles. The van der Waals surface area contributed by atoms with Gasteiger partial charge in [0.05, 0.1) is 5.69 Å². The van der Waals surface area contributed by atoms with Crippen LogP contribution in [0.15, 0.2) is 176 Å². The molecule has 2 aliphatic carbocycles. The molecule has 268 valence electrons. The van der Waals surface area contributed by atoms with Crippen LogP contribution >= 0.6 is 11.3 Å². The van der Waals surface area contributed by atoms with E-state index in [1.165, 1.54) is 92.6 Å². The Kier molecular flexibility index (Phi) is 7.18. The van der Waals surface area contributed by atoms with Gasteiger partial charge >= 0.3 is 0 Å². The highest BCUT2D eigenvalue weighted by atomic mass is 32.1. The average molecular weight is 736 g/mol. The van der Waals surface area contributed by atoms with Crippen LogP contribution in [0.25, 0.3) is 64.7 Å². The SMILES string of the molecule is CC1(C)c2ccccc2-c2c(-c3cccc(N(c4ccc(-c5cccc6sc7ccccc7c56)cc4)c4cccc5c4-c4ccccc4C5(C)C)c3)cccc21. The fraction of sp³-hybridized carbons (Fsp3) is 0.111. The fourth-order valence-electron chi connectivity index (χ4n) is 9.96. The molecule has 0 amide bonds. The molecule has 0 spiro atoms. The lowest BCUT2D eigenvalue weighted by Crippen LogP contribution is -2.16. The van der Waals surface area contributed by atoms with Gasteiger partial charge in [-0.1, -0.05) is 161 Å². The van der Waals surface area contributed by atoms with Gasteiger partial charge in [0.15, 0.2) is 0 Å². The van der Waals surface area contributed by atoms with Gasteiger partial charge in [-0.3, -0.25) is 0 Å². The molecule has 0 bridgehead atoms. The second-order valence-corrected chi connectivity index (χ2v) is 17.6. The number of fused-ring (bicyclic) bond motifs is 9. The first kappa shape index (κ1) is 33.1. The molecule has 1 heterocycles. The van der Waals surface area contributed by atoms with Gasteiger partial charge in [0.1, 0.15) is 0 Å². The van der Waals surface area contributed by atoms with Crippen LogP contribution in [0.5, 0.6) is 0 Å². The largest absolute Gasteiger partial charge is 0.310 e. The van der Waals surface area contributed by atoms with Crippen LogP contribution in [0.2, 0.25) is 0 Å². The Morgan fingerprint density at radius 2 is 0.946 bits per heavy atom. The minimum absolute atomic E-state index is 0.0578. The van der Waals surface area contributed by atoms with Gasteiger partial charge in [-0.05, 0) is 104 Å². The molecule has 56 heavy (non-hydrogen) atoms. The molecule has 0 radical (unpaired) electrons. The number of hydrogen-bond acceptors (Lipinski definition) is 2. The van der Waals surface area contributed by atoms with E-state index in [1.54, 1.807) is 0 Å². The molecule has 11 rings (SSSR count). The highest BCUT2D eigenvalue weighted by Gasteiger charge is 2.39. The summed E-state index contributed by atoms with van der Waals surface area (Å²) in [6.07, 6.45) is 0. The van der Waals surface area contributed by atoms with E-state index in [0.29, 0.717) is 0 Å². The fourth-order valence-corrected chi connectivity index (χ4v) is 11.1. The molecule has 2 aliphatic rings. The second kappa shape index (κ2) is 12.1. The van der Waals surface area contributed by atoms with Gasteiger partial charge in [0, 0.05) is 47.9 Å². The number of thiophene rings is 1. The summed E-state index contributed by atoms with van der Waals surface area (Å²) >= 11 is 1.87. The minimum atomic E-state index is -0.105. The van der Waals surface area contributed by atoms with Gasteiger partial charge in [-0.15, -0.1) is 11.3 Å². The van der Waals surface area contributed by atoms with Crippen molar-refractivity contribution in [2.24, 2.45) is 0 Å². The molecule has 0 fully saturated rings. The van der Waals surface area contributed by atoms with Crippen LogP contribution in [0, 0.1) is 0 Å². The van der Waals surface area contributed by atoms with Crippen molar-refractivity contribution in [3.8, 4) is 44.5 Å². The normalized spacial score (nSPS) is 14.4. The van der Waals surface area contributed by atoms with Crippen molar-refractivity contribution < 1.29 is 0 Å². The molecular formula is C54H41NS. The first-order valence-electron chi connectivity index (χ1n) is 19.7. The molecule has 0 atom stereocenters. The summed E-state index contributed by atoms with van der Waals surface area (Å²) in [5.41, 5.74) is 19.2. The van der Waals surface area contributed by atoms with Gasteiger partial charge < -0.3 is 4.90 Å². The van der Waals surface area contributed by atoms with E-state index < -0.39 is 0 Å². The maximum atomic E-state index is 2.49. The summed E-state index contributed by atoms with van der Waals surface area (Å²) in [5.74, 6) is 0. The third-order valence-corrected chi connectivity index (χ3v) is 13.8. The standard InChI is InChI=1S/C54H41NS/c1-53(2)43-22-8-5-17-40(43)50-39(20-12-24-45(50)53)35-15-11-16-37(33-35)55(47-26-14-25-46-52(47)41-18-6-9-23-44(41)54(46,3)4)36-31-29-34(30-32-36)38-21-13-28-49-51(38)42-19-7-10-27-48(42)56-49/h5-33H,1-4H3. The summed E-state index contributed by atoms with van der Waals surface area (Å²) in [5, 5.41) is 2.66. The van der Waals surface area contributed by atoms with Crippen LogP contribution in [0.3, 0.4) is 0 Å². The summed E-state index contributed by atoms with van der Waals surface area (Å²) in [6.45, 7) is 9.45. The molecular weight excluding hydrogens is 695 g/mol. The van der Waals surface area contributed by atoms with Crippen LogP contribution < -0.4 is 4.90 Å². The van der Waals surface area contributed by atoms with Crippen molar-refractivity contribution in [1.29, 1.82) is 0 Å². The Hall–Kier alpha value is -6.22. The van der Waals surface area contributed by atoms with Crippen molar-refractivity contribution in [3.63, 3.8) is 0 Å². The van der Waals surface area contributed by atoms with E-state index in [9.17, 15) is 0 Å². The quantitative estimate of drug-likeness (QED) is 0.170. The molecule has 0 unspecified atom stereocenters.